The molecule has 0 unspecified atom stereocenters. The lowest BCUT2D eigenvalue weighted by Gasteiger charge is -2.15. The van der Waals surface area contributed by atoms with Crippen LogP contribution in [0.3, 0.4) is 0 Å². The van der Waals surface area contributed by atoms with Gasteiger partial charge in [-0.2, -0.15) is 0 Å². The van der Waals surface area contributed by atoms with Gasteiger partial charge in [0.15, 0.2) is 0 Å². The molecule has 0 saturated heterocycles. The Bertz CT molecular complexity index is 1220. The number of pyridine rings is 1. The van der Waals surface area contributed by atoms with E-state index in [2.05, 4.69) is 30.9 Å². The number of hydrogen-bond donors (Lipinski definition) is 5. The van der Waals surface area contributed by atoms with Crippen LogP contribution in [-0.2, 0) is 9.53 Å². The predicted octanol–water partition coefficient (Wildman–Crippen LogP) is 2.73. The summed E-state index contributed by atoms with van der Waals surface area (Å²) in [5.41, 5.74) is 7.71. The van der Waals surface area contributed by atoms with Crippen molar-refractivity contribution in [3.8, 4) is 5.69 Å². The fourth-order valence-corrected chi connectivity index (χ4v) is 3.50. The molecule has 0 atom stereocenters. The third kappa shape index (κ3) is 7.64. The topological polar surface area (TPSA) is 162 Å². The van der Waals surface area contributed by atoms with Crippen LogP contribution < -0.4 is 27.9 Å². The molecule has 1 amide bonds. The Labute approximate surface area is 214 Å². The van der Waals surface area contributed by atoms with Crippen molar-refractivity contribution in [3.05, 3.63) is 71.2 Å². The van der Waals surface area contributed by atoms with Crippen molar-refractivity contribution in [2.75, 3.05) is 11.9 Å². The SMILES string of the molecule is CCCOC(C)=O.Cc1cc(F)c(C(=O)Nc2cccc(C(NN)NN)n2)cc1-n1cnc(C2CC2)c1. The average Bonchev–Trinajstić information content (AvgIpc) is 3.61. The number of nitrogens with zero attached hydrogens (tertiary/aromatic N) is 3. The van der Waals surface area contributed by atoms with Gasteiger partial charge >= 0.3 is 5.97 Å². The summed E-state index contributed by atoms with van der Waals surface area (Å²) >= 11 is 0. The fourth-order valence-electron chi connectivity index (χ4n) is 3.50. The summed E-state index contributed by atoms with van der Waals surface area (Å²) in [5.74, 6) is 10.2. The highest BCUT2D eigenvalue weighted by Gasteiger charge is 2.26. The molecule has 1 aromatic carbocycles. The zero-order chi connectivity index (χ0) is 26.9. The van der Waals surface area contributed by atoms with Crippen molar-refractivity contribution in [2.24, 2.45) is 11.7 Å². The molecule has 37 heavy (non-hydrogen) atoms. The number of halogens is 1. The maximum Gasteiger partial charge on any atom is 0.302 e. The number of carbonyl (C=O) groups excluding carboxylic acids is 2. The number of aromatic nitrogens is 3. The second-order valence-corrected chi connectivity index (χ2v) is 8.61. The summed E-state index contributed by atoms with van der Waals surface area (Å²) in [7, 11) is 0. The normalized spacial score (nSPS) is 12.6. The highest BCUT2D eigenvalue weighted by molar-refractivity contribution is 6.04. The molecule has 11 nitrogen and oxygen atoms in total. The molecule has 2 heterocycles. The molecule has 0 radical (unpaired) electrons. The van der Waals surface area contributed by atoms with Gasteiger partial charge in [0.05, 0.1) is 35.6 Å². The van der Waals surface area contributed by atoms with E-state index in [0.717, 1.165) is 25.0 Å². The third-order valence-electron chi connectivity index (χ3n) is 5.56. The predicted molar refractivity (Wildman–Crippen MR) is 137 cm³/mol. The molecule has 3 aromatic rings. The molecule has 1 saturated carbocycles. The van der Waals surface area contributed by atoms with E-state index >= 15 is 0 Å². The van der Waals surface area contributed by atoms with Crippen LogP contribution >= 0.6 is 0 Å². The van der Waals surface area contributed by atoms with Gasteiger partial charge in [-0.05, 0) is 56.0 Å². The minimum Gasteiger partial charge on any atom is -0.466 e. The van der Waals surface area contributed by atoms with Gasteiger partial charge in [-0.3, -0.25) is 21.3 Å². The lowest BCUT2D eigenvalue weighted by Crippen LogP contribution is -2.42. The second kappa shape index (κ2) is 13.0. The summed E-state index contributed by atoms with van der Waals surface area (Å²) in [5, 5.41) is 2.62. The molecule has 198 valence electrons. The van der Waals surface area contributed by atoms with Crippen molar-refractivity contribution in [2.45, 2.75) is 52.1 Å². The molecule has 7 N–H and O–H groups in total. The first-order valence-corrected chi connectivity index (χ1v) is 12.0. The average molecular weight is 513 g/mol. The maximum atomic E-state index is 14.6. The monoisotopic (exact) mass is 512 g/mol. The molecule has 2 aromatic heterocycles. The number of hydrogen-bond acceptors (Lipinski definition) is 9. The van der Waals surface area contributed by atoms with Crippen LogP contribution in [0.15, 0.2) is 42.9 Å². The van der Waals surface area contributed by atoms with Crippen LogP contribution in [0, 0.1) is 12.7 Å². The Balaban J connectivity index is 0.000000479. The Hall–Kier alpha value is -3.71. The van der Waals surface area contributed by atoms with Crippen molar-refractivity contribution in [3.63, 3.8) is 0 Å². The Morgan fingerprint density at radius 3 is 2.57 bits per heavy atom. The van der Waals surface area contributed by atoms with Gasteiger partial charge in [0.2, 0.25) is 0 Å². The molecule has 1 fully saturated rings. The van der Waals surface area contributed by atoms with Gasteiger partial charge in [-0.15, -0.1) is 0 Å². The molecule has 1 aliphatic rings. The van der Waals surface area contributed by atoms with E-state index in [-0.39, 0.29) is 17.4 Å². The number of amides is 1. The first kappa shape index (κ1) is 27.9. The molecule has 1 aliphatic carbocycles. The van der Waals surface area contributed by atoms with Crippen molar-refractivity contribution in [1.29, 1.82) is 0 Å². The smallest absolute Gasteiger partial charge is 0.302 e. The van der Waals surface area contributed by atoms with Gasteiger partial charge in [-0.25, -0.2) is 25.2 Å². The highest BCUT2D eigenvalue weighted by Crippen LogP contribution is 2.39. The largest absolute Gasteiger partial charge is 0.466 e. The van der Waals surface area contributed by atoms with Crippen LogP contribution in [0.1, 0.15) is 72.5 Å². The molecule has 0 bridgehead atoms. The lowest BCUT2D eigenvalue weighted by molar-refractivity contribution is -0.140. The zero-order valence-corrected chi connectivity index (χ0v) is 21.1. The first-order valence-electron chi connectivity index (χ1n) is 12.0. The number of rotatable bonds is 9. The zero-order valence-electron chi connectivity index (χ0n) is 21.1. The highest BCUT2D eigenvalue weighted by atomic mass is 19.1. The van der Waals surface area contributed by atoms with Crippen LogP contribution in [0.5, 0.6) is 0 Å². The van der Waals surface area contributed by atoms with Gasteiger partial charge in [0.25, 0.3) is 5.91 Å². The fraction of sp³-hybridized carbons (Fsp3) is 0.360. The Kier molecular flexibility index (Phi) is 9.80. The number of esters is 1. The van der Waals surface area contributed by atoms with Gasteiger partial charge in [-0.1, -0.05) is 13.0 Å². The number of nitrogens with two attached hydrogens (primary N) is 2. The molecular formula is C25H33FN8O3. The van der Waals surface area contributed by atoms with Crippen LogP contribution in [-0.4, -0.2) is 33.0 Å². The summed E-state index contributed by atoms with van der Waals surface area (Å²) < 4.78 is 21.0. The van der Waals surface area contributed by atoms with Crippen LogP contribution in [0.4, 0.5) is 10.2 Å². The molecule has 4 rings (SSSR count). The van der Waals surface area contributed by atoms with Crippen molar-refractivity contribution in [1.82, 2.24) is 25.4 Å². The lowest BCUT2D eigenvalue weighted by atomic mass is 10.1. The van der Waals surface area contributed by atoms with Crippen LogP contribution in [0.25, 0.3) is 5.69 Å². The number of benzene rings is 1. The van der Waals surface area contributed by atoms with Gasteiger partial charge in [0, 0.05) is 19.0 Å². The first-order chi connectivity index (χ1) is 17.8. The van der Waals surface area contributed by atoms with E-state index in [4.69, 9.17) is 11.7 Å². The molecule has 0 spiro atoms. The number of aryl methyl sites for hydroxylation is 1. The molecule has 0 aliphatic heterocycles. The number of hydrazine groups is 2. The number of carbonyl (C=O) groups is 2. The van der Waals surface area contributed by atoms with E-state index < -0.39 is 17.9 Å². The number of ether oxygens (including phenoxy) is 1. The second-order valence-electron chi connectivity index (χ2n) is 8.61. The number of imidazole rings is 1. The Morgan fingerprint density at radius 1 is 1.24 bits per heavy atom. The van der Waals surface area contributed by atoms with E-state index in [9.17, 15) is 14.0 Å². The number of anilines is 1. The summed E-state index contributed by atoms with van der Waals surface area (Å²) in [6, 6.07) is 7.82. The van der Waals surface area contributed by atoms with E-state index in [1.807, 2.05) is 17.7 Å². The van der Waals surface area contributed by atoms with Crippen molar-refractivity contribution < 1.29 is 18.7 Å². The quantitative estimate of drug-likeness (QED) is 0.126. The molecular weight excluding hydrogens is 479 g/mol. The van der Waals surface area contributed by atoms with E-state index in [0.29, 0.717) is 29.5 Å². The molecule has 12 heteroatoms. The Morgan fingerprint density at radius 2 is 1.97 bits per heavy atom. The van der Waals surface area contributed by atoms with E-state index in [1.165, 1.54) is 19.1 Å². The standard InChI is InChI=1S/C20H23FN8O.C5H10O2/c1-11-7-14(21)13(8-17(11)29-9-16(24-10-29)12-5-6-12)20(30)26-18-4-2-3-15(25-18)19(27-22)28-23;1-3-4-7-5(2)6/h2-4,7-10,12,19,27-28H,5-6,22-23H2,1H3,(H,25,26,30);3-4H2,1-2H3. The minimum atomic E-state index is -0.613. The maximum absolute atomic E-state index is 14.6. The van der Waals surface area contributed by atoms with Gasteiger partial charge in [0.1, 0.15) is 17.8 Å². The summed E-state index contributed by atoms with van der Waals surface area (Å²) in [6.07, 6.45) is 6.20. The third-order valence-corrected chi connectivity index (χ3v) is 5.56. The van der Waals surface area contributed by atoms with Gasteiger partial charge < -0.3 is 14.6 Å². The summed E-state index contributed by atoms with van der Waals surface area (Å²) in [4.78, 5) is 31.5. The summed E-state index contributed by atoms with van der Waals surface area (Å²) in [6.45, 7) is 5.72. The van der Waals surface area contributed by atoms with Crippen molar-refractivity contribution >= 4 is 17.7 Å². The van der Waals surface area contributed by atoms with E-state index in [1.54, 1.807) is 31.5 Å². The number of nitrogens with one attached hydrogen (secondary N) is 3. The minimum absolute atomic E-state index is 0.0880. The van der Waals surface area contributed by atoms with Crippen LogP contribution in [0.2, 0.25) is 0 Å².